The van der Waals surface area contributed by atoms with E-state index in [2.05, 4.69) is 66.7 Å². The van der Waals surface area contributed by atoms with Crippen molar-refractivity contribution in [3.63, 3.8) is 0 Å². The third kappa shape index (κ3) is 5.44. The van der Waals surface area contributed by atoms with Crippen LogP contribution in [0, 0.1) is 13.8 Å². The Morgan fingerprint density at radius 2 is 1.72 bits per heavy atom. The molecule has 1 unspecified atom stereocenters. The molecule has 2 amide bonds. The van der Waals surface area contributed by atoms with Gasteiger partial charge in [0.2, 0.25) is 0 Å². The van der Waals surface area contributed by atoms with Crippen LogP contribution in [-0.4, -0.2) is 11.0 Å². The fourth-order valence-electron chi connectivity index (χ4n) is 3.42. The lowest BCUT2D eigenvalue weighted by atomic mass is 9.98. The second-order valence-electron chi connectivity index (χ2n) is 7.79. The molecule has 0 saturated carbocycles. The number of aromatic nitrogens is 1. The standard InChI is InChI=1S/C25H29N3O/c1-17(2)21-9-7-8-19(4)24(21)28-25(29)27-23(22-10-5-6-15-26-22)16-20-13-11-18(3)12-14-20/h5-15,17,23H,16H2,1-4H3,(H2,27,28,29). The van der Waals surface area contributed by atoms with E-state index in [4.69, 9.17) is 0 Å². The molecule has 4 heteroatoms. The van der Waals surface area contributed by atoms with Crippen molar-refractivity contribution in [2.75, 3.05) is 5.32 Å². The predicted octanol–water partition coefficient (Wildman–Crippen LogP) is 5.93. The Balaban J connectivity index is 1.81. The van der Waals surface area contributed by atoms with Gasteiger partial charge in [0.25, 0.3) is 0 Å². The number of benzene rings is 2. The molecule has 0 saturated heterocycles. The number of hydrogen-bond acceptors (Lipinski definition) is 2. The summed E-state index contributed by atoms with van der Waals surface area (Å²) in [7, 11) is 0. The van der Waals surface area contributed by atoms with Crippen LogP contribution in [-0.2, 0) is 6.42 Å². The number of anilines is 1. The quantitative estimate of drug-likeness (QED) is 0.551. The Morgan fingerprint density at radius 1 is 0.966 bits per heavy atom. The Bertz CT molecular complexity index is 950. The van der Waals surface area contributed by atoms with Gasteiger partial charge in [-0.05, 0) is 55.0 Å². The summed E-state index contributed by atoms with van der Waals surface area (Å²) in [6.07, 6.45) is 2.44. The van der Waals surface area contributed by atoms with Gasteiger partial charge in [-0.2, -0.15) is 0 Å². The summed E-state index contributed by atoms with van der Waals surface area (Å²) in [5, 5.41) is 6.20. The topological polar surface area (TPSA) is 54.0 Å². The van der Waals surface area contributed by atoms with E-state index >= 15 is 0 Å². The lowest BCUT2D eigenvalue weighted by molar-refractivity contribution is 0.248. The molecule has 4 nitrogen and oxygen atoms in total. The molecule has 0 spiro atoms. The van der Waals surface area contributed by atoms with Gasteiger partial charge >= 0.3 is 6.03 Å². The minimum absolute atomic E-state index is 0.217. The molecular weight excluding hydrogens is 358 g/mol. The van der Waals surface area contributed by atoms with E-state index in [0.29, 0.717) is 12.3 Å². The first-order valence-electron chi connectivity index (χ1n) is 10.1. The highest BCUT2D eigenvalue weighted by Crippen LogP contribution is 2.27. The van der Waals surface area contributed by atoms with Gasteiger partial charge in [-0.1, -0.05) is 67.9 Å². The van der Waals surface area contributed by atoms with E-state index in [1.807, 2.05) is 37.3 Å². The van der Waals surface area contributed by atoms with Gasteiger partial charge in [-0.25, -0.2) is 4.79 Å². The van der Waals surface area contributed by atoms with Crippen molar-refractivity contribution >= 4 is 11.7 Å². The molecule has 29 heavy (non-hydrogen) atoms. The van der Waals surface area contributed by atoms with Crippen LogP contribution in [0.25, 0.3) is 0 Å². The van der Waals surface area contributed by atoms with Crippen molar-refractivity contribution in [1.82, 2.24) is 10.3 Å². The van der Waals surface area contributed by atoms with Gasteiger partial charge < -0.3 is 10.6 Å². The second-order valence-corrected chi connectivity index (χ2v) is 7.79. The van der Waals surface area contributed by atoms with Crippen LogP contribution in [0.3, 0.4) is 0 Å². The van der Waals surface area contributed by atoms with Gasteiger partial charge in [0.05, 0.1) is 11.7 Å². The fourth-order valence-corrected chi connectivity index (χ4v) is 3.42. The third-order valence-electron chi connectivity index (χ3n) is 5.08. The number of rotatable bonds is 6. The molecule has 3 rings (SSSR count). The van der Waals surface area contributed by atoms with E-state index in [0.717, 1.165) is 28.1 Å². The van der Waals surface area contributed by atoms with Crippen molar-refractivity contribution in [1.29, 1.82) is 0 Å². The first kappa shape index (κ1) is 20.6. The molecule has 0 aliphatic heterocycles. The molecule has 3 aromatic rings. The number of para-hydroxylation sites is 1. The maximum Gasteiger partial charge on any atom is 0.319 e. The Hall–Kier alpha value is -3.14. The molecule has 1 atom stereocenters. The van der Waals surface area contributed by atoms with E-state index < -0.39 is 0 Å². The molecule has 2 aromatic carbocycles. The van der Waals surface area contributed by atoms with E-state index in [1.54, 1.807) is 6.20 Å². The summed E-state index contributed by atoms with van der Waals surface area (Å²) in [5.74, 6) is 0.323. The minimum atomic E-state index is -0.219. The second kappa shape index (κ2) is 9.37. The van der Waals surface area contributed by atoms with Gasteiger partial charge in [0.15, 0.2) is 0 Å². The van der Waals surface area contributed by atoms with Crippen LogP contribution >= 0.6 is 0 Å². The maximum absolute atomic E-state index is 12.9. The molecule has 0 aliphatic carbocycles. The molecule has 2 N–H and O–H groups in total. The Labute approximate surface area is 173 Å². The fraction of sp³-hybridized carbons (Fsp3) is 0.280. The largest absolute Gasteiger partial charge is 0.329 e. The first-order chi connectivity index (χ1) is 13.9. The maximum atomic E-state index is 12.9. The van der Waals surface area contributed by atoms with Crippen LogP contribution in [0.2, 0.25) is 0 Å². The monoisotopic (exact) mass is 387 g/mol. The van der Waals surface area contributed by atoms with E-state index in [1.165, 1.54) is 5.56 Å². The minimum Gasteiger partial charge on any atom is -0.329 e. The molecule has 0 bridgehead atoms. The summed E-state index contributed by atoms with van der Waals surface area (Å²) in [5.41, 5.74) is 6.29. The van der Waals surface area contributed by atoms with Crippen molar-refractivity contribution < 1.29 is 4.79 Å². The van der Waals surface area contributed by atoms with Gasteiger partial charge in [0.1, 0.15) is 0 Å². The lowest BCUT2D eigenvalue weighted by Crippen LogP contribution is -2.34. The zero-order valence-corrected chi connectivity index (χ0v) is 17.6. The zero-order chi connectivity index (χ0) is 20.8. The van der Waals surface area contributed by atoms with Crippen molar-refractivity contribution in [3.05, 3.63) is 94.8 Å². The summed E-state index contributed by atoms with van der Waals surface area (Å²) in [6.45, 7) is 8.35. The van der Waals surface area contributed by atoms with Crippen LogP contribution in [0.15, 0.2) is 66.9 Å². The Morgan fingerprint density at radius 3 is 2.38 bits per heavy atom. The molecule has 1 aromatic heterocycles. The summed E-state index contributed by atoms with van der Waals surface area (Å²) in [6, 6.07) is 19.8. The van der Waals surface area contributed by atoms with E-state index in [9.17, 15) is 4.79 Å². The van der Waals surface area contributed by atoms with Crippen LogP contribution in [0.5, 0.6) is 0 Å². The summed E-state index contributed by atoms with van der Waals surface area (Å²) < 4.78 is 0. The van der Waals surface area contributed by atoms with E-state index in [-0.39, 0.29) is 12.1 Å². The van der Waals surface area contributed by atoms with Crippen molar-refractivity contribution in [2.45, 2.75) is 46.1 Å². The molecule has 1 heterocycles. The van der Waals surface area contributed by atoms with Gasteiger partial charge in [-0.15, -0.1) is 0 Å². The molecule has 0 radical (unpaired) electrons. The van der Waals surface area contributed by atoms with Crippen molar-refractivity contribution in [3.8, 4) is 0 Å². The lowest BCUT2D eigenvalue weighted by Gasteiger charge is -2.21. The SMILES string of the molecule is Cc1ccc(CC(NC(=O)Nc2c(C)cccc2C(C)C)c2ccccn2)cc1. The number of aryl methyl sites for hydroxylation is 2. The number of pyridine rings is 1. The number of amides is 2. The number of carbonyl (C=O) groups excluding carboxylic acids is 1. The summed E-state index contributed by atoms with van der Waals surface area (Å²) in [4.78, 5) is 17.4. The highest BCUT2D eigenvalue weighted by molar-refractivity contribution is 5.91. The van der Waals surface area contributed by atoms with Gasteiger partial charge in [0, 0.05) is 11.9 Å². The van der Waals surface area contributed by atoms with Crippen LogP contribution < -0.4 is 10.6 Å². The average molecular weight is 388 g/mol. The predicted molar refractivity (Wildman–Crippen MR) is 119 cm³/mol. The number of carbonyl (C=O) groups is 1. The molecule has 150 valence electrons. The van der Waals surface area contributed by atoms with Gasteiger partial charge in [-0.3, -0.25) is 4.98 Å². The zero-order valence-electron chi connectivity index (χ0n) is 17.6. The number of hydrogen-bond donors (Lipinski definition) is 2. The van der Waals surface area contributed by atoms with Crippen LogP contribution in [0.4, 0.5) is 10.5 Å². The third-order valence-corrected chi connectivity index (χ3v) is 5.08. The van der Waals surface area contributed by atoms with Crippen molar-refractivity contribution in [2.24, 2.45) is 0 Å². The van der Waals surface area contributed by atoms with Crippen LogP contribution in [0.1, 0.15) is 53.8 Å². The number of nitrogens with zero attached hydrogens (tertiary/aromatic N) is 1. The molecular formula is C25H29N3O. The highest BCUT2D eigenvalue weighted by atomic mass is 16.2. The first-order valence-corrected chi connectivity index (χ1v) is 10.1. The number of nitrogens with one attached hydrogen (secondary N) is 2. The summed E-state index contributed by atoms with van der Waals surface area (Å²) >= 11 is 0. The smallest absolute Gasteiger partial charge is 0.319 e. The average Bonchev–Trinajstić information content (AvgIpc) is 2.71. The number of urea groups is 1. The molecule has 0 aliphatic rings. The normalized spacial score (nSPS) is 11.9. The highest BCUT2D eigenvalue weighted by Gasteiger charge is 2.18. The Kier molecular flexibility index (Phi) is 6.65. The molecule has 0 fully saturated rings.